The highest BCUT2D eigenvalue weighted by Gasteiger charge is 2.35. The molecule has 1 saturated heterocycles. The van der Waals surface area contributed by atoms with E-state index in [0.29, 0.717) is 12.0 Å². The van der Waals surface area contributed by atoms with Gasteiger partial charge in [-0.1, -0.05) is 22.6 Å². The number of aliphatic hydroxyl groups excluding tert-OH is 2. The average molecular weight is 382 g/mol. The molecule has 0 saturated carbocycles. The number of aryl methyl sites for hydroxylation is 1. The van der Waals surface area contributed by atoms with Crippen molar-refractivity contribution >= 4 is 22.6 Å². The fraction of sp³-hybridized carbons (Fsp3) is 0.636. The van der Waals surface area contributed by atoms with Crippen LogP contribution in [0.4, 0.5) is 0 Å². The summed E-state index contributed by atoms with van der Waals surface area (Å²) in [7, 11) is 0. The molecule has 0 spiro atoms. The van der Waals surface area contributed by atoms with Crippen molar-refractivity contribution < 1.29 is 14.9 Å². The monoisotopic (exact) mass is 382 g/mol. The first-order chi connectivity index (χ1) is 9.06. The van der Waals surface area contributed by atoms with Gasteiger partial charge >= 0.3 is 5.69 Å². The molecule has 19 heavy (non-hydrogen) atoms. The molecule has 2 heterocycles. The minimum absolute atomic E-state index is 0.209. The molecule has 7 nitrogen and oxygen atoms in total. The maximum Gasteiger partial charge on any atom is 0.330 e. The lowest BCUT2D eigenvalue weighted by Gasteiger charge is -2.15. The normalized spacial score (nSPS) is 26.8. The summed E-state index contributed by atoms with van der Waals surface area (Å²) < 4.78 is 7.42. The van der Waals surface area contributed by atoms with E-state index in [4.69, 9.17) is 9.84 Å². The maximum absolute atomic E-state index is 11.8. The summed E-state index contributed by atoms with van der Waals surface area (Å²) in [6.07, 6.45) is 0.0512. The number of halogens is 1. The number of aliphatic hydroxyl groups is 2. The molecule has 0 aliphatic carbocycles. The van der Waals surface area contributed by atoms with E-state index in [1.54, 1.807) is 0 Å². The topological polar surface area (TPSA) is 105 Å². The van der Waals surface area contributed by atoms with E-state index >= 15 is 0 Å². The number of nitrogens with zero attached hydrogens (tertiary/aromatic N) is 1. The zero-order valence-electron chi connectivity index (χ0n) is 10.1. The highest BCUT2D eigenvalue weighted by Crippen LogP contribution is 2.27. The summed E-state index contributed by atoms with van der Waals surface area (Å²) in [5, 5.41) is 18.7. The van der Waals surface area contributed by atoms with Crippen LogP contribution < -0.4 is 11.2 Å². The molecule has 8 heteroatoms. The van der Waals surface area contributed by atoms with E-state index in [0.717, 1.165) is 4.43 Å². The van der Waals surface area contributed by atoms with Gasteiger partial charge in [-0.25, -0.2) is 4.79 Å². The Kier molecular flexibility index (Phi) is 4.76. The maximum atomic E-state index is 11.8. The Balaban J connectivity index is 2.33. The Labute approximate surface area is 122 Å². The number of nitrogens with one attached hydrogen (secondary N) is 1. The highest BCUT2D eigenvalue weighted by atomic mass is 127. The molecule has 0 amide bonds. The second-order valence-corrected chi connectivity index (χ2v) is 5.45. The molecule has 106 valence electrons. The molecule has 1 aliphatic rings. The summed E-state index contributed by atoms with van der Waals surface area (Å²) in [5.74, 6) is 0. The van der Waals surface area contributed by atoms with Crippen molar-refractivity contribution in [2.75, 3.05) is 11.0 Å². The summed E-state index contributed by atoms with van der Waals surface area (Å²) >= 11 is 2.14. The SMILES string of the molecule is O=c1[nH]c(=O)n([C@@H]2C[C@H](O)[C@@H](CO)O2)cc1CCI. The first-order valence-electron chi connectivity index (χ1n) is 5.91. The third kappa shape index (κ3) is 3.07. The van der Waals surface area contributed by atoms with Crippen LogP contribution in [0, 0.1) is 0 Å². The molecular formula is C11H15IN2O5. The second-order valence-electron chi connectivity index (χ2n) is 4.37. The highest BCUT2D eigenvalue weighted by molar-refractivity contribution is 14.1. The van der Waals surface area contributed by atoms with Crippen molar-refractivity contribution in [3.63, 3.8) is 0 Å². The molecular weight excluding hydrogens is 367 g/mol. The van der Waals surface area contributed by atoms with Gasteiger partial charge in [-0.15, -0.1) is 0 Å². The lowest BCUT2D eigenvalue weighted by atomic mass is 10.2. The molecule has 3 N–H and O–H groups in total. The third-order valence-corrected chi connectivity index (χ3v) is 3.64. The van der Waals surface area contributed by atoms with Gasteiger partial charge in [0, 0.05) is 22.6 Å². The van der Waals surface area contributed by atoms with Gasteiger partial charge in [0.1, 0.15) is 12.3 Å². The van der Waals surface area contributed by atoms with Crippen LogP contribution in [0.25, 0.3) is 0 Å². The fourth-order valence-electron chi connectivity index (χ4n) is 2.07. The van der Waals surface area contributed by atoms with E-state index in [1.807, 2.05) is 0 Å². The first-order valence-corrected chi connectivity index (χ1v) is 7.44. The van der Waals surface area contributed by atoms with Crippen molar-refractivity contribution in [3.05, 3.63) is 32.6 Å². The quantitative estimate of drug-likeness (QED) is 0.465. The van der Waals surface area contributed by atoms with Crippen LogP contribution in [0.5, 0.6) is 0 Å². The number of hydrogen-bond acceptors (Lipinski definition) is 5. The van der Waals surface area contributed by atoms with Crippen molar-refractivity contribution in [1.29, 1.82) is 0 Å². The predicted octanol–water partition coefficient (Wildman–Crippen LogP) is -0.845. The van der Waals surface area contributed by atoms with Crippen molar-refractivity contribution in [2.24, 2.45) is 0 Å². The number of aromatic amines is 1. The first kappa shape index (κ1) is 14.7. The number of ether oxygens (including phenoxy) is 1. The average Bonchev–Trinajstić information content (AvgIpc) is 2.74. The van der Waals surface area contributed by atoms with Crippen molar-refractivity contribution in [3.8, 4) is 0 Å². The van der Waals surface area contributed by atoms with Crippen LogP contribution in [0.15, 0.2) is 15.8 Å². The summed E-state index contributed by atoms with van der Waals surface area (Å²) in [6.45, 7) is -0.309. The van der Waals surface area contributed by atoms with Gasteiger partial charge in [0.05, 0.1) is 12.7 Å². The van der Waals surface area contributed by atoms with Crippen LogP contribution in [0.2, 0.25) is 0 Å². The summed E-state index contributed by atoms with van der Waals surface area (Å²) in [6, 6.07) is 0. The van der Waals surface area contributed by atoms with Gasteiger partial charge in [0.15, 0.2) is 0 Å². The van der Waals surface area contributed by atoms with E-state index in [2.05, 4.69) is 27.6 Å². The van der Waals surface area contributed by atoms with Gasteiger partial charge in [0.25, 0.3) is 5.56 Å². The Morgan fingerprint density at radius 2 is 2.26 bits per heavy atom. The number of rotatable bonds is 4. The zero-order chi connectivity index (χ0) is 14.0. The molecule has 1 aliphatic heterocycles. The number of aromatic nitrogens is 2. The summed E-state index contributed by atoms with van der Waals surface area (Å²) in [4.78, 5) is 25.6. The Hall–Kier alpha value is -0.710. The molecule has 0 radical (unpaired) electrons. The number of hydrogen-bond donors (Lipinski definition) is 3. The Bertz CT molecular complexity index is 555. The van der Waals surface area contributed by atoms with Crippen LogP contribution >= 0.6 is 22.6 Å². The fourth-order valence-corrected chi connectivity index (χ4v) is 2.65. The van der Waals surface area contributed by atoms with Crippen LogP contribution in [0.1, 0.15) is 18.2 Å². The largest absolute Gasteiger partial charge is 0.394 e. The van der Waals surface area contributed by atoms with Gasteiger partial charge in [-0.2, -0.15) is 0 Å². The molecule has 1 aromatic rings. The van der Waals surface area contributed by atoms with Crippen LogP contribution in [0.3, 0.4) is 0 Å². The second kappa shape index (κ2) is 6.16. The minimum atomic E-state index is -0.818. The van der Waals surface area contributed by atoms with E-state index in [-0.39, 0.29) is 13.0 Å². The van der Waals surface area contributed by atoms with Gasteiger partial charge < -0.3 is 14.9 Å². The smallest absolute Gasteiger partial charge is 0.330 e. The molecule has 0 aromatic carbocycles. The van der Waals surface area contributed by atoms with E-state index < -0.39 is 29.7 Å². The predicted molar refractivity (Wildman–Crippen MR) is 75.5 cm³/mol. The molecule has 0 bridgehead atoms. The molecule has 0 unspecified atom stereocenters. The van der Waals surface area contributed by atoms with Gasteiger partial charge in [0.2, 0.25) is 0 Å². The Morgan fingerprint density at radius 1 is 1.53 bits per heavy atom. The minimum Gasteiger partial charge on any atom is -0.394 e. The molecule has 3 atom stereocenters. The zero-order valence-corrected chi connectivity index (χ0v) is 12.2. The molecule has 2 rings (SSSR count). The van der Waals surface area contributed by atoms with Crippen LogP contribution in [-0.4, -0.2) is 43.0 Å². The van der Waals surface area contributed by atoms with Crippen molar-refractivity contribution in [2.45, 2.75) is 31.3 Å². The molecule has 1 fully saturated rings. The van der Waals surface area contributed by atoms with E-state index in [9.17, 15) is 14.7 Å². The summed E-state index contributed by atoms with van der Waals surface area (Å²) in [5.41, 5.74) is -0.465. The standard InChI is InChI=1S/C11H15IN2O5/c12-2-1-6-4-14(11(18)13-10(6)17)9-3-7(16)8(5-15)19-9/h4,7-9,15-16H,1-3,5H2,(H,13,17,18)/t7-,8+,9-/m0/s1. The molecule has 1 aromatic heterocycles. The number of H-pyrrole nitrogens is 1. The van der Waals surface area contributed by atoms with E-state index in [1.165, 1.54) is 10.8 Å². The lowest BCUT2D eigenvalue weighted by molar-refractivity contribution is -0.0459. The van der Waals surface area contributed by atoms with Gasteiger partial charge in [-0.05, 0) is 6.42 Å². The van der Waals surface area contributed by atoms with Crippen molar-refractivity contribution in [1.82, 2.24) is 9.55 Å². The van der Waals surface area contributed by atoms with Crippen LogP contribution in [-0.2, 0) is 11.2 Å². The Morgan fingerprint density at radius 3 is 2.84 bits per heavy atom. The number of alkyl halides is 1. The third-order valence-electron chi connectivity index (χ3n) is 3.10. The van der Waals surface area contributed by atoms with Gasteiger partial charge in [-0.3, -0.25) is 14.3 Å². The lowest BCUT2D eigenvalue weighted by Crippen LogP contribution is -2.34.